The fourth-order valence-electron chi connectivity index (χ4n) is 8.40. The Morgan fingerprint density at radius 1 is 0.470 bits per heavy atom. The summed E-state index contributed by atoms with van der Waals surface area (Å²) in [5.41, 5.74) is 4.87. The molecule has 6 heterocycles. The Hall–Kier alpha value is -8.52. The summed E-state index contributed by atoms with van der Waals surface area (Å²) in [4.78, 5) is 72.1. The van der Waals surface area contributed by atoms with Crippen molar-refractivity contribution in [2.24, 2.45) is 0 Å². The number of fused-ring (bicyclic) bond motifs is 2. The van der Waals surface area contributed by atoms with Crippen LogP contribution in [0.5, 0.6) is 0 Å². The van der Waals surface area contributed by atoms with E-state index >= 15 is 0 Å². The SMILES string of the molecule is CC1(C)OC(=O)N(c2ccc(C(=O)Nc3cccc4cccnc34)cc2)[C@@H]1c1ccccn1.CC1(C)OC(=O)N(c2ccc(C(=O)Nc3cccc4cccnc34)cc2)[C@H]1c1ccccn1. The Morgan fingerprint density at radius 2 is 0.848 bits per heavy atom. The summed E-state index contributed by atoms with van der Waals surface area (Å²) in [6, 6.07) is 43.0. The maximum atomic E-state index is 12.9. The minimum atomic E-state index is -0.761. The van der Waals surface area contributed by atoms with Crippen LogP contribution in [0.15, 0.2) is 170 Å². The van der Waals surface area contributed by atoms with Crippen LogP contribution < -0.4 is 20.4 Å². The van der Waals surface area contributed by atoms with Crippen LogP contribution in [0.3, 0.4) is 0 Å². The number of cyclic esters (lactones) is 2. The highest BCUT2D eigenvalue weighted by atomic mass is 16.6. The monoisotopic (exact) mass is 876 g/mol. The van der Waals surface area contributed by atoms with Gasteiger partial charge in [0.2, 0.25) is 0 Å². The molecule has 2 aliphatic rings. The minimum Gasteiger partial charge on any atom is -0.440 e. The molecule has 2 saturated heterocycles. The van der Waals surface area contributed by atoms with Gasteiger partial charge in [0.25, 0.3) is 11.8 Å². The first-order valence-electron chi connectivity index (χ1n) is 21.2. The smallest absolute Gasteiger partial charge is 0.415 e. The van der Waals surface area contributed by atoms with Gasteiger partial charge in [0.1, 0.15) is 23.3 Å². The van der Waals surface area contributed by atoms with E-state index in [1.165, 1.54) is 0 Å². The number of ether oxygens (including phenoxy) is 2. The number of aromatic nitrogens is 4. The molecule has 0 saturated carbocycles. The van der Waals surface area contributed by atoms with Gasteiger partial charge in [-0.1, -0.05) is 48.5 Å². The third-order valence-corrected chi connectivity index (χ3v) is 11.4. The number of amides is 4. The number of benzene rings is 4. The van der Waals surface area contributed by atoms with Gasteiger partial charge in [-0.05, 0) is 125 Å². The van der Waals surface area contributed by atoms with Crippen molar-refractivity contribution in [3.05, 3.63) is 193 Å². The van der Waals surface area contributed by atoms with Crippen LogP contribution in [0.2, 0.25) is 0 Å². The fourth-order valence-corrected chi connectivity index (χ4v) is 8.40. The first-order chi connectivity index (χ1) is 31.9. The Morgan fingerprint density at radius 3 is 1.23 bits per heavy atom. The van der Waals surface area contributed by atoms with Gasteiger partial charge < -0.3 is 20.1 Å². The normalized spacial score (nSPS) is 17.1. The highest BCUT2D eigenvalue weighted by molar-refractivity contribution is 6.09. The molecule has 8 aromatic rings. The number of pyridine rings is 4. The van der Waals surface area contributed by atoms with Gasteiger partial charge in [0.15, 0.2) is 0 Å². The van der Waals surface area contributed by atoms with Gasteiger partial charge in [-0.25, -0.2) is 9.59 Å². The van der Waals surface area contributed by atoms with Crippen molar-refractivity contribution >= 4 is 68.6 Å². The van der Waals surface area contributed by atoms with Crippen LogP contribution in [-0.4, -0.2) is 55.1 Å². The lowest BCUT2D eigenvalue weighted by Gasteiger charge is -2.28. The van der Waals surface area contributed by atoms with Crippen LogP contribution in [-0.2, 0) is 9.47 Å². The summed E-state index contributed by atoms with van der Waals surface area (Å²) in [7, 11) is 0. The number of nitrogens with zero attached hydrogens (tertiary/aromatic N) is 6. The molecule has 2 aliphatic heterocycles. The van der Waals surface area contributed by atoms with Gasteiger partial charge in [-0.2, -0.15) is 0 Å². The van der Waals surface area contributed by atoms with Crippen molar-refractivity contribution in [3.63, 3.8) is 0 Å². The van der Waals surface area contributed by atoms with Crippen molar-refractivity contribution in [1.29, 1.82) is 0 Å². The van der Waals surface area contributed by atoms with Gasteiger partial charge in [0, 0.05) is 58.1 Å². The molecule has 328 valence electrons. The lowest BCUT2D eigenvalue weighted by Crippen LogP contribution is -2.34. The summed E-state index contributed by atoms with van der Waals surface area (Å²) >= 11 is 0. The predicted octanol–water partition coefficient (Wildman–Crippen LogP) is 10.7. The number of hydrogen-bond acceptors (Lipinski definition) is 10. The molecule has 2 fully saturated rings. The first-order valence-corrected chi connectivity index (χ1v) is 21.2. The van der Waals surface area contributed by atoms with Crippen molar-refractivity contribution in [3.8, 4) is 0 Å². The van der Waals surface area contributed by atoms with Gasteiger partial charge in [-0.15, -0.1) is 0 Å². The third kappa shape index (κ3) is 8.46. The summed E-state index contributed by atoms with van der Waals surface area (Å²) in [5.74, 6) is -0.518. The van der Waals surface area contributed by atoms with Crippen LogP contribution in [0, 0.1) is 0 Å². The van der Waals surface area contributed by atoms with E-state index in [0.29, 0.717) is 33.9 Å². The molecule has 14 heteroatoms. The maximum Gasteiger partial charge on any atom is 0.415 e. The van der Waals surface area contributed by atoms with Gasteiger partial charge >= 0.3 is 12.2 Å². The number of nitrogens with one attached hydrogen (secondary N) is 2. The zero-order chi connectivity index (χ0) is 46.0. The molecule has 2 atom stereocenters. The molecule has 2 N–H and O–H groups in total. The van der Waals surface area contributed by atoms with E-state index in [-0.39, 0.29) is 11.8 Å². The highest BCUT2D eigenvalue weighted by Crippen LogP contribution is 2.44. The molecular weight excluding hydrogens is 833 g/mol. The molecule has 4 aromatic carbocycles. The molecule has 14 nitrogen and oxygen atoms in total. The largest absolute Gasteiger partial charge is 0.440 e. The zero-order valence-electron chi connectivity index (χ0n) is 36.5. The lowest BCUT2D eigenvalue weighted by molar-refractivity contribution is 0.0668. The van der Waals surface area contributed by atoms with Crippen LogP contribution in [0.4, 0.5) is 32.3 Å². The summed E-state index contributed by atoms with van der Waals surface area (Å²) < 4.78 is 11.3. The molecular formula is C52H44N8O6. The first kappa shape index (κ1) is 42.8. The number of carbonyl (C=O) groups is 4. The van der Waals surface area contributed by atoms with Gasteiger partial charge in [0.05, 0.1) is 33.8 Å². The van der Waals surface area contributed by atoms with E-state index in [9.17, 15) is 19.2 Å². The lowest BCUT2D eigenvalue weighted by atomic mass is 9.94. The molecule has 0 aliphatic carbocycles. The minimum absolute atomic E-state index is 0.259. The highest BCUT2D eigenvalue weighted by Gasteiger charge is 2.51. The van der Waals surface area contributed by atoms with E-state index in [4.69, 9.17) is 9.47 Å². The number of anilines is 4. The van der Waals surface area contributed by atoms with Crippen LogP contribution in [0.25, 0.3) is 21.8 Å². The summed E-state index contributed by atoms with van der Waals surface area (Å²) in [6.07, 6.45) is 5.89. The number of para-hydroxylation sites is 2. The van der Waals surface area contributed by atoms with E-state index in [2.05, 4.69) is 30.6 Å². The van der Waals surface area contributed by atoms with E-state index < -0.39 is 35.5 Å². The molecule has 0 unspecified atom stereocenters. The van der Waals surface area contributed by atoms with Crippen molar-refractivity contribution in [2.45, 2.75) is 51.0 Å². The van der Waals surface area contributed by atoms with Gasteiger partial charge in [-0.3, -0.25) is 39.3 Å². The molecule has 4 aromatic heterocycles. The summed E-state index contributed by atoms with van der Waals surface area (Å²) in [5, 5.41) is 7.75. The Balaban J connectivity index is 0.000000166. The predicted molar refractivity (Wildman–Crippen MR) is 252 cm³/mol. The average Bonchev–Trinajstić information content (AvgIpc) is 3.73. The number of carbonyl (C=O) groups excluding carboxylic acids is 4. The zero-order valence-corrected chi connectivity index (χ0v) is 36.5. The Labute approximate surface area is 380 Å². The second-order valence-electron chi connectivity index (χ2n) is 16.8. The Bertz CT molecular complexity index is 2870. The molecule has 0 radical (unpaired) electrons. The second kappa shape index (κ2) is 17.6. The van der Waals surface area contributed by atoms with E-state index in [0.717, 1.165) is 33.2 Å². The van der Waals surface area contributed by atoms with E-state index in [1.54, 1.807) is 83.1 Å². The topological polar surface area (TPSA) is 169 Å². The van der Waals surface area contributed by atoms with E-state index in [1.807, 2.05) is 125 Å². The van der Waals surface area contributed by atoms with Crippen molar-refractivity contribution < 1.29 is 28.7 Å². The van der Waals surface area contributed by atoms with Crippen LogP contribution in [0.1, 0.15) is 71.9 Å². The quantitative estimate of drug-likeness (QED) is 0.150. The standard InChI is InChI=1S/2C26H22N4O3/c2*1-26(2)23(21-9-3-4-15-27-21)30(25(32)33-26)19-13-11-18(12-14-19)24(31)29-20-10-5-7-17-8-6-16-28-22(17)20/h2*3-16,23H,1-2H3,(H,29,31)/t2*23-/m10/s1. The molecule has 0 bridgehead atoms. The molecule has 66 heavy (non-hydrogen) atoms. The number of hydrogen-bond donors (Lipinski definition) is 2. The second-order valence-corrected chi connectivity index (χ2v) is 16.8. The molecule has 10 rings (SSSR count). The molecule has 0 spiro atoms. The Kier molecular flexibility index (Phi) is 11.4. The van der Waals surface area contributed by atoms with Crippen molar-refractivity contribution in [2.75, 3.05) is 20.4 Å². The third-order valence-electron chi connectivity index (χ3n) is 11.4. The molecule has 4 amide bonds. The summed E-state index contributed by atoms with van der Waals surface area (Å²) in [6.45, 7) is 7.46. The van der Waals surface area contributed by atoms with Crippen LogP contribution >= 0.6 is 0 Å². The average molecular weight is 877 g/mol. The maximum absolute atomic E-state index is 12.9. The van der Waals surface area contributed by atoms with Crippen molar-refractivity contribution in [1.82, 2.24) is 19.9 Å². The number of rotatable bonds is 8. The fraction of sp³-hybridized carbons (Fsp3) is 0.154.